The fourth-order valence-electron chi connectivity index (χ4n) is 2.11. The first-order valence-electron chi connectivity index (χ1n) is 6.58. The van der Waals surface area contributed by atoms with Crippen molar-refractivity contribution in [1.82, 2.24) is 4.98 Å². The largest absolute Gasteiger partial charge is 0.395 e. The highest BCUT2D eigenvalue weighted by Crippen LogP contribution is 2.19. The van der Waals surface area contributed by atoms with Crippen LogP contribution in [0.2, 0.25) is 0 Å². The van der Waals surface area contributed by atoms with Crippen LogP contribution in [-0.2, 0) is 6.54 Å². The maximum Gasteiger partial charge on any atom is 0.163 e. The van der Waals surface area contributed by atoms with E-state index in [0.717, 1.165) is 5.56 Å². The first-order chi connectivity index (χ1) is 9.72. The number of aliphatic hydroxyl groups is 1. The molecule has 1 aromatic heterocycles. The van der Waals surface area contributed by atoms with Crippen LogP contribution in [0.5, 0.6) is 0 Å². The SMILES string of the molecule is CC(=O)c1cccnc1N(CCO)Cc1ccccc1. The van der Waals surface area contributed by atoms with E-state index in [1.165, 1.54) is 6.92 Å². The molecule has 0 saturated heterocycles. The Balaban J connectivity index is 2.31. The summed E-state index contributed by atoms with van der Waals surface area (Å²) in [6, 6.07) is 13.4. The van der Waals surface area contributed by atoms with E-state index < -0.39 is 0 Å². The van der Waals surface area contributed by atoms with Gasteiger partial charge in [-0.2, -0.15) is 0 Å². The average Bonchev–Trinajstić information content (AvgIpc) is 2.48. The second-order valence-corrected chi connectivity index (χ2v) is 4.56. The highest BCUT2D eigenvalue weighted by Gasteiger charge is 2.15. The zero-order valence-corrected chi connectivity index (χ0v) is 11.5. The van der Waals surface area contributed by atoms with Gasteiger partial charge in [-0.15, -0.1) is 0 Å². The minimum absolute atomic E-state index is 0.0146. The lowest BCUT2D eigenvalue weighted by molar-refractivity contribution is 0.101. The number of aliphatic hydroxyl groups excluding tert-OH is 1. The van der Waals surface area contributed by atoms with E-state index in [9.17, 15) is 9.90 Å². The van der Waals surface area contributed by atoms with Crippen LogP contribution in [0.25, 0.3) is 0 Å². The van der Waals surface area contributed by atoms with Gasteiger partial charge in [-0.1, -0.05) is 30.3 Å². The van der Waals surface area contributed by atoms with Gasteiger partial charge in [-0.05, 0) is 24.6 Å². The lowest BCUT2D eigenvalue weighted by atomic mass is 10.1. The number of aromatic nitrogens is 1. The molecule has 0 radical (unpaired) electrons. The third kappa shape index (κ3) is 3.42. The second kappa shape index (κ2) is 6.82. The molecule has 0 aliphatic carbocycles. The average molecular weight is 270 g/mol. The molecule has 1 aromatic carbocycles. The molecule has 0 amide bonds. The molecule has 1 heterocycles. The Morgan fingerprint density at radius 1 is 1.20 bits per heavy atom. The zero-order chi connectivity index (χ0) is 14.4. The summed E-state index contributed by atoms with van der Waals surface area (Å²) < 4.78 is 0. The molecule has 2 aromatic rings. The number of nitrogens with zero attached hydrogens (tertiary/aromatic N) is 2. The molecule has 0 aliphatic rings. The summed E-state index contributed by atoms with van der Waals surface area (Å²) in [6.45, 7) is 2.59. The molecule has 4 heteroatoms. The number of pyridine rings is 1. The summed E-state index contributed by atoms with van der Waals surface area (Å²) in [4.78, 5) is 17.9. The molecule has 20 heavy (non-hydrogen) atoms. The molecule has 104 valence electrons. The van der Waals surface area contributed by atoms with Crippen molar-refractivity contribution in [1.29, 1.82) is 0 Å². The van der Waals surface area contributed by atoms with Crippen LogP contribution in [0, 0.1) is 0 Å². The van der Waals surface area contributed by atoms with Gasteiger partial charge in [0, 0.05) is 19.3 Å². The minimum atomic E-state index is -0.0240. The molecule has 0 aliphatic heterocycles. The Morgan fingerprint density at radius 3 is 2.60 bits per heavy atom. The van der Waals surface area contributed by atoms with Crippen molar-refractivity contribution in [2.24, 2.45) is 0 Å². The van der Waals surface area contributed by atoms with Crippen LogP contribution in [-0.4, -0.2) is 29.0 Å². The fourth-order valence-corrected chi connectivity index (χ4v) is 2.11. The highest BCUT2D eigenvalue weighted by atomic mass is 16.3. The normalized spacial score (nSPS) is 10.3. The lowest BCUT2D eigenvalue weighted by Crippen LogP contribution is -2.28. The van der Waals surface area contributed by atoms with Gasteiger partial charge in [0.15, 0.2) is 5.78 Å². The third-order valence-electron chi connectivity index (χ3n) is 3.05. The molecule has 0 atom stereocenters. The van der Waals surface area contributed by atoms with Gasteiger partial charge in [0.05, 0.1) is 12.2 Å². The maximum atomic E-state index is 11.7. The molecule has 4 nitrogen and oxygen atoms in total. The quantitative estimate of drug-likeness (QED) is 0.818. The van der Waals surface area contributed by atoms with Gasteiger partial charge < -0.3 is 10.0 Å². The van der Waals surface area contributed by atoms with E-state index in [-0.39, 0.29) is 12.4 Å². The van der Waals surface area contributed by atoms with Crippen molar-refractivity contribution >= 4 is 11.6 Å². The standard InChI is InChI=1S/C16H18N2O2/c1-13(20)15-8-5-9-17-16(15)18(10-11-19)12-14-6-3-2-4-7-14/h2-9,19H,10-12H2,1H3. The second-order valence-electron chi connectivity index (χ2n) is 4.56. The smallest absolute Gasteiger partial charge is 0.163 e. The molecule has 2 rings (SSSR count). The third-order valence-corrected chi connectivity index (χ3v) is 3.05. The molecule has 0 spiro atoms. The fraction of sp³-hybridized carbons (Fsp3) is 0.250. The Labute approximate surface area is 118 Å². The number of carbonyl (C=O) groups excluding carboxylic acids is 1. The zero-order valence-electron chi connectivity index (χ0n) is 11.5. The van der Waals surface area contributed by atoms with Gasteiger partial charge in [0.2, 0.25) is 0 Å². The molecule has 0 saturated carbocycles. The summed E-state index contributed by atoms with van der Waals surface area (Å²) in [5, 5.41) is 9.25. The van der Waals surface area contributed by atoms with E-state index in [1.54, 1.807) is 18.3 Å². The first kappa shape index (κ1) is 14.2. The number of Topliss-reactive ketones (excluding diaryl/α,β-unsaturated/α-hetero) is 1. The Bertz CT molecular complexity index is 570. The number of rotatable bonds is 6. The van der Waals surface area contributed by atoms with Gasteiger partial charge in [-0.25, -0.2) is 4.98 Å². The molecule has 0 fully saturated rings. The van der Waals surface area contributed by atoms with Crippen molar-refractivity contribution in [3.63, 3.8) is 0 Å². The predicted molar refractivity (Wildman–Crippen MR) is 78.8 cm³/mol. The van der Waals surface area contributed by atoms with Crippen LogP contribution >= 0.6 is 0 Å². The van der Waals surface area contributed by atoms with E-state index in [1.807, 2.05) is 35.2 Å². The number of ketones is 1. The van der Waals surface area contributed by atoms with E-state index in [4.69, 9.17) is 0 Å². The predicted octanol–water partition coefficient (Wildman–Crippen LogP) is 2.28. The number of benzene rings is 1. The summed E-state index contributed by atoms with van der Waals surface area (Å²) in [7, 11) is 0. The van der Waals surface area contributed by atoms with Crippen LogP contribution in [0.15, 0.2) is 48.7 Å². The van der Waals surface area contributed by atoms with Crippen molar-refractivity contribution in [3.8, 4) is 0 Å². The van der Waals surface area contributed by atoms with E-state index >= 15 is 0 Å². The Morgan fingerprint density at radius 2 is 1.95 bits per heavy atom. The summed E-state index contributed by atoms with van der Waals surface area (Å²) in [5.74, 6) is 0.599. The molecule has 1 N–H and O–H groups in total. The molecule has 0 unspecified atom stereocenters. The van der Waals surface area contributed by atoms with Gasteiger partial charge >= 0.3 is 0 Å². The van der Waals surface area contributed by atoms with Crippen molar-refractivity contribution in [2.75, 3.05) is 18.1 Å². The summed E-state index contributed by atoms with van der Waals surface area (Å²) in [5.41, 5.74) is 1.69. The minimum Gasteiger partial charge on any atom is -0.395 e. The van der Waals surface area contributed by atoms with Crippen LogP contribution in [0.1, 0.15) is 22.8 Å². The van der Waals surface area contributed by atoms with Crippen molar-refractivity contribution in [3.05, 3.63) is 59.8 Å². The number of hydrogen-bond acceptors (Lipinski definition) is 4. The molecule has 0 bridgehead atoms. The lowest BCUT2D eigenvalue weighted by Gasteiger charge is -2.24. The number of carbonyl (C=O) groups is 1. The van der Waals surface area contributed by atoms with Gasteiger partial charge in [0.1, 0.15) is 5.82 Å². The first-order valence-corrected chi connectivity index (χ1v) is 6.58. The topological polar surface area (TPSA) is 53.4 Å². The molecular weight excluding hydrogens is 252 g/mol. The van der Waals surface area contributed by atoms with Crippen LogP contribution in [0.3, 0.4) is 0 Å². The van der Waals surface area contributed by atoms with Gasteiger partial charge in [-0.3, -0.25) is 4.79 Å². The van der Waals surface area contributed by atoms with Crippen LogP contribution < -0.4 is 4.90 Å². The van der Waals surface area contributed by atoms with Crippen molar-refractivity contribution < 1.29 is 9.90 Å². The van der Waals surface area contributed by atoms with E-state index in [2.05, 4.69) is 4.98 Å². The van der Waals surface area contributed by atoms with E-state index in [0.29, 0.717) is 24.5 Å². The summed E-state index contributed by atoms with van der Waals surface area (Å²) >= 11 is 0. The van der Waals surface area contributed by atoms with Crippen LogP contribution in [0.4, 0.5) is 5.82 Å². The maximum absolute atomic E-state index is 11.7. The number of hydrogen-bond donors (Lipinski definition) is 1. The Hall–Kier alpha value is -2.20. The highest BCUT2D eigenvalue weighted by molar-refractivity contribution is 5.98. The molecular formula is C16H18N2O2. The van der Waals surface area contributed by atoms with Gasteiger partial charge in [0.25, 0.3) is 0 Å². The number of anilines is 1. The summed E-state index contributed by atoms with van der Waals surface area (Å²) in [6.07, 6.45) is 1.66. The monoisotopic (exact) mass is 270 g/mol. The van der Waals surface area contributed by atoms with Crippen molar-refractivity contribution in [2.45, 2.75) is 13.5 Å². The Kier molecular flexibility index (Phi) is 4.85.